The van der Waals surface area contributed by atoms with Crippen molar-refractivity contribution in [1.29, 1.82) is 0 Å². The molecule has 1 atom stereocenters. The van der Waals surface area contributed by atoms with Gasteiger partial charge in [-0.3, -0.25) is 4.57 Å². The molecule has 0 fully saturated rings. The molecule has 0 aromatic carbocycles. The van der Waals surface area contributed by atoms with E-state index in [1.165, 1.54) is 0 Å². The van der Waals surface area contributed by atoms with Gasteiger partial charge in [0.05, 0.1) is 6.61 Å². The van der Waals surface area contributed by atoms with Crippen LogP contribution in [0, 0.1) is 0 Å². The van der Waals surface area contributed by atoms with E-state index in [9.17, 15) is 4.57 Å². The summed E-state index contributed by atoms with van der Waals surface area (Å²) in [5.74, 6) is 0. The van der Waals surface area contributed by atoms with Gasteiger partial charge in [-0.15, -0.1) is 0 Å². The van der Waals surface area contributed by atoms with E-state index in [-0.39, 0.29) is 19.5 Å². The van der Waals surface area contributed by atoms with Gasteiger partial charge in [-0.05, 0) is 6.42 Å². The molecule has 52 valence electrons. The average Bonchev–Trinajstić information content (AvgIpc) is 1.66. The number of hydrogen-bond acceptors (Lipinski definition) is 2. The molecule has 0 radical (unpaired) electrons. The van der Waals surface area contributed by atoms with Crippen molar-refractivity contribution in [1.82, 2.24) is 0 Å². The van der Waals surface area contributed by atoms with Gasteiger partial charge >= 0.3 is 8.25 Å². The topological polar surface area (TPSA) is 46.5 Å². The average molecular weight is 203 g/mol. The smallest absolute Gasteiger partial charge is 0.316 e. The van der Waals surface area contributed by atoms with E-state index >= 15 is 0 Å². The molecule has 0 aliphatic carbocycles. The largest absolute Gasteiger partial charge is 0.326 e. The SMILES string of the molecule is CCCCO[PH](=O)O.[Zn]. The second-order valence-corrected chi connectivity index (χ2v) is 2.29. The summed E-state index contributed by atoms with van der Waals surface area (Å²) in [7, 11) is -2.66. The summed E-state index contributed by atoms with van der Waals surface area (Å²) in [6, 6.07) is 0. The van der Waals surface area contributed by atoms with Crippen LogP contribution in [0.1, 0.15) is 19.8 Å². The molecule has 0 aromatic rings. The van der Waals surface area contributed by atoms with Crippen molar-refractivity contribution < 1.29 is 33.5 Å². The molecule has 0 bridgehead atoms. The molecule has 9 heavy (non-hydrogen) atoms. The molecule has 1 N–H and O–H groups in total. The zero-order valence-electron chi connectivity index (χ0n) is 5.59. The maximum atomic E-state index is 9.84. The van der Waals surface area contributed by atoms with Gasteiger partial charge in [0.25, 0.3) is 0 Å². The van der Waals surface area contributed by atoms with Gasteiger partial charge < -0.3 is 9.42 Å². The van der Waals surface area contributed by atoms with Crippen molar-refractivity contribution >= 4 is 8.25 Å². The summed E-state index contributed by atoms with van der Waals surface area (Å²) < 4.78 is 14.2. The van der Waals surface area contributed by atoms with E-state index in [1.807, 2.05) is 6.92 Å². The van der Waals surface area contributed by atoms with Crippen LogP contribution in [0.15, 0.2) is 0 Å². The second-order valence-electron chi connectivity index (χ2n) is 1.47. The van der Waals surface area contributed by atoms with Gasteiger partial charge in [0, 0.05) is 19.5 Å². The first-order chi connectivity index (χ1) is 3.77. The molecule has 3 nitrogen and oxygen atoms in total. The first kappa shape index (κ1) is 12.4. The first-order valence-electron chi connectivity index (χ1n) is 2.63. The Morgan fingerprint density at radius 2 is 2.22 bits per heavy atom. The fourth-order valence-electron chi connectivity index (χ4n) is 0.304. The van der Waals surface area contributed by atoms with E-state index in [1.54, 1.807) is 0 Å². The van der Waals surface area contributed by atoms with Crippen LogP contribution in [-0.4, -0.2) is 11.5 Å². The molecule has 0 saturated heterocycles. The van der Waals surface area contributed by atoms with Crippen LogP contribution in [0.5, 0.6) is 0 Å². The van der Waals surface area contributed by atoms with Gasteiger partial charge in [-0.25, -0.2) is 0 Å². The van der Waals surface area contributed by atoms with E-state index in [0.29, 0.717) is 6.61 Å². The maximum absolute atomic E-state index is 9.84. The minimum Gasteiger partial charge on any atom is -0.326 e. The van der Waals surface area contributed by atoms with E-state index < -0.39 is 8.25 Å². The molecule has 1 unspecified atom stereocenters. The summed E-state index contributed by atoms with van der Waals surface area (Å²) in [4.78, 5) is 8.10. The van der Waals surface area contributed by atoms with Gasteiger partial charge in [0.2, 0.25) is 0 Å². The Balaban J connectivity index is 0. The summed E-state index contributed by atoms with van der Waals surface area (Å²) in [6.07, 6.45) is 1.85. The molecule has 0 aliphatic heterocycles. The van der Waals surface area contributed by atoms with Gasteiger partial charge in [0.1, 0.15) is 0 Å². The quantitative estimate of drug-likeness (QED) is 0.424. The van der Waals surface area contributed by atoms with Crippen LogP contribution in [0.25, 0.3) is 0 Å². The van der Waals surface area contributed by atoms with Crippen molar-refractivity contribution in [2.45, 2.75) is 19.8 Å². The molecule has 5 heteroatoms. The Morgan fingerprint density at radius 1 is 1.67 bits per heavy atom. The molecular formula is C4H11O3PZn. The summed E-state index contributed by atoms with van der Waals surface area (Å²) in [5.41, 5.74) is 0. The Hall–Kier alpha value is 0.773. The molecule has 0 aliphatic rings. The monoisotopic (exact) mass is 202 g/mol. The molecule has 0 aromatic heterocycles. The van der Waals surface area contributed by atoms with Crippen LogP contribution in [-0.2, 0) is 28.6 Å². The van der Waals surface area contributed by atoms with Crippen LogP contribution >= 0.6 is 8.25 Å². The minimum atomic E-state index is -2.66. The fraction of sp³-hybridized carbons (Fsp3) is 1.00. The molecule has 0 heterocycles. The molecule has 0 saturated carbocycles. The zero-order chi connectivity index (χ0) is 6.41. The summed E-state index contributed by atoms with van der Waals surface area (Å²) in [5, 5.41) is 0. The third-order valence-electron chi connectivity index (χ3n) is 0.723. The first-order valence-corrected chi connectivity index (χ1v) is 3.89. The standard InChI is InChI=1S/C4H11O3P.Zn/c1-2-3-4-7-8(5)6;/h8H,2-4H2,1H3,(H,5,6);. The second kappa shape index (κ2) is 8.77. The minimum absolute atomic E-state index is 0. The van der Waals surface area contributed by atoms with E-state index in [0.717, 1.165) is 12.8 Å². The summed E-state index contributed by atoms with van der Waals surface area (Å²) in [6.45, 7) is 2.41. The van der Waals surface area contributed by atoms with Gasteiger partial charge in [-0.1, -0.05) is 13.3 Å². The number of rotatable bonds is 4. The van der Waals surface area contributed by atoms with Crippen molar-refractivity contribution in [3.8, 4) is 0 Å². The van der Waals surface area contributed by atoms with Crippen molar-refractivity contribution in [2.24, 2.45) is 0 Å². The normalized spacial score (nSPS) is 12.2. The maximum Gasteiger partial charge on any atom is 0.316 e. The molecule has 0 amide bonds. The van der Waals surface area contributed by atoms with Crippen LogP contribution in [0.3, 0.4) is 0 Å². The van der Waals surface area contributed by atoms with Gasteiger partial charge in [0.15, 0.2) is 0 Å². The third kappa shape index (κ3) is 12.1. The number of unbranched alkanes of at least 4 members (excludes halogenated alkanes) is 1. The summed E-state index contributed by atoms with van der Waals surface area (Å²) >= 11 is 0. The van der Waals surface area contributed by atoms with Crippen LogP contribution < -0.4 is 0 Å². The van der Waals surface area contributed by atoms with Crippen molar-refractivity contribution in [3.63, 3.8) is 0 Å². The van der Waals surface area contributed by atoms with Crippen LogP contribution in [0.2, 0.25) is 0 Å². The fourth-order valence-corrected chi connectivity index (χ4v) is 0.623. The van der Waals surface area contributed by atoms with E-state index in [4.69, 9.17) is 4.89 Å². The van der Waals surface area contributed by atoms with Gasteiger partial charge in [-0.2, -0.15) is 0 Å². The van der Waals surface area contributed by atoms with Crippen molar-refractivity contribution in [2.75, 3.05) is 6.61 Å². The predicted octanol–water partition coefficient (Wildman–Crippen LogP) is 1.18. The number of hydrogen-bond donors (Lipinski definition) is 1. The third-order valence-corrected chi connectivity index (χ3v) is 1.17. The Kier molecular flexibility index (Phi) is 12.1. The van der Waals surface area contributed by atoms with Crippen LogP contribution in [0.4, 0.5) is 0 Å². The molecule has 0 spiro atoms. The molecule has 0 rings (SSSR count). The Labute approximate surface area is 68.5 Å². The predicted molar refractivity (Wildman–Crippen MR) is 32.1 cm³/mol. The Bertz CT molecular complexity index is 78.2. The molecular weight excluding hydrogens is 192 g/mol. The Morgan fingerprint density at radius 3 is 2.56 bits per heavy atom. The zero-order valence-corrected chi connectivity index (χ0v) is 9.56. The van der Waals surface area contributed by atoms with E-state index in [2.05, 4.69) is 4.52 Å². The van der Waals surface area contributed by atoms with Crippen molar-refractivity contribution in [3.05, 3.63) is 0 Å².